The summed E-state index contributed by atoms with van der Waals surface area (Å²) in [7, 11) is 1.65. The minimum absolute atomic E-state index is 0.0188. The van der Waals surface area contributed by atoms with Gasteiger partial charge in [0.2, 0.25) is 0 Å². The van der Waals surface area contributed by atoms with Crippen LogP contribution in [-0.2, 0) is 6.42 Å². The van der Waals surface area contributed by atoms with Crippen LogP contribution < -0.4 is 14.4 Å². The van der Waals surface area contributed by atoms with Gasteiger partial charge in [-0.05, 0) is 85.0 Å². The number of methoxy groups -OCH3 is 1. The van der Waals surface area contributed by atoms with Gasteiger partial charge >= 0.3 is 0 Å². The average molecular weight is 408 g/mol. The molecule has 0 unspecified atom stereocenters. The summed E-state index contributed by atoms with van der Waals surface area (Å²) in [5.41, 5.74) is 3.13. The molecule has 29 heavy (non-hydrogen) atoms. The molecule has 1 amide bonds. The lowest BCUT2D eigenvalue weighted by Gasteiger charge is -2.30. The van der Waals surface area contributed by atoms with Crippen LogP contribution >= 0.6 is 11.9 Å². The van der Waals surface area contributed by atoms with Crippen LogP contribution in [0.2, 0.25) is 0 Å². The van der Waals surface area contributed by atoms with Crippen LogP contribution in [0.3, 0.4) is 0 Å². The van der Waals surface area contributed by atoms with Gasteiger partial charge in [0.05, 0.1) is 12.8 Å². The smallest absolute Gasteiger partial charge is 0.258 e. The van der Waals surface area contributed by atoms with Gasteiger partial charge in [-0.1, -0.05) is 12.1 Å². The second kappa shape index (κ2) is 8.57. The lowest BCUT2D eigenvalue weighted by atomic mass is 10.0. The van der Waals surface area contributed by atoms with Crippen molar-refractivity contribution in [1.29, 1.82) is 0 Å². The summed E-state index contributed by atoms with van der Waals surface area (Å²) in [6.45, 7) is 0.698. The zero-order valence-electron chi connectivity index (χ0n) is 16.0. The first kappa shape index (κ1) is 19.3. The summed E-state index contributed by atoms with van der Waals surface area (Å²) in [6.07, 6.45) is 1.86. The molecule has 0 aromatic heterocycles. The van der Waals surface area contributed by atoms with E-state index in [9.17, 15) is 9.18 Å². The maximum atomic E-state index is 13.7. The molecule has 0 radical (unpaired) electrons. The van der Waals surface area contributed by atoms with Crippen molar-refractivity contribution in [3.05, 3.63) is 83.7 Å². The molecule has 3 aromatic carbocycles. The Morgan fingerprint density at radius 1 is 1.10 bits per heavy atom. The van der Waals surface area contributed by atoms with Crippen molar-refractivity contribution in [2.24, 2.45) is 0 Å². The summed E-state index contributed by atoms with van der Waals surface area (Å²) in [4.78, 5) is 15.8. The number of hydrogen-bond donors (Lipinski definition) is 1. The highest BCUT2D eigenvalue weighted by molar-refractivity contribution is 8.00. The molecule has 0 spiro atoms. The molecule has 3 aromatic rings. The number of amides is 1. The first-order valence-electron chi connectivity index (χ1n) is 9.42. The second-order valence-corrected chi connectivity index (χ2v) is 7.64. The fourth-order valence-corrected chi connectivity index (χ4v) is 4.06. The predicted octanol–water partition coefficient (Wildman–Crippen LogP) is 5.55. The Balaban J connectivity index is 1.47. The van der Waals surface area contributed by atoms with Crippen LogP contribution in [0, 0.1) is 5.82 Å². The monoisotopic (exact) mass is 408 g/mol. The summed E-state index contributed by atoms with van der Waals surface area (Å²) in [5.74, 6) is 0.490. The average Bonchev–Trinajstić information content (AvgIpc) is 2.77. The van der Waals surface area contributed by atoms with Gasteiger partial charge in [0.25, 0.3) is 5.91 Å². The molecule has 0 atom stereocenters. The van der Waals surface area contributed by atoms with Crippen molar-refractivity contribution in [2.75, 3.05) is 23.3 Å². The van der Waals surface area contributed by atoms with E-state index in [0.717, 1.165) is 34.7 Å². The minimum Gasteiger partial charge on any atom is -0.497 e. The Bertz CT molecular complexity index is 1020. The largest absolute Gasteiger partial charge is 0.497 e. The number of para-hydroxylation sites is 1. The van der Waals surface area contributed by atoms with E-state index >= 15 is 0 Å². The van der Waals surface area contributed by atoms with E-state index < -0.39 is 0 Å². The Morgan fingerprint density at radius 2 is 1.90 bits per heavy atom. The number of carbonyl (C=O) groups is 1. The molecule has 0 aliphatic carbocycles. The number of nitrogens with one attached hydrogen (secondary N) is 1. The standard InChI is InChI=1S/C23H21FN2O2S/c1-28-18-10-13-22-17(15-18)5-4-14-26(22)23(27)16-8-11-19(12-9-16)29-25-21-7-3-2-6-20(21)24/h2-3,6-13,15,25H,4-5,14H2,1H3. The number of rotatable bonds is 5. The van der Waals surface area contributed by atoms with Crippen molar-refractivity contribution in [3.63, 3.8) is 0 Å². The van der Waals surface area contributed by atoms with Gasteiger partial charge in [0.1, 0.15) is 11.6 Å². The van der Waals surface area contributed by atoms with E-state index in [1.165, 1.54) is 18.0 Å². The molecule has 4 nitrogen and oxygen atoms in total. The number of aryl methyl sites for hydroxylation is 1. The Kier molecular flexibility index (Phi) is 5.71. The molecule has 1 aliphatic heterocycles. The van der Waals surface area contributed by atoms with Gasteiger partial charge in [-0.25, -0.2) is 4.39 Å². The van der Waals surface area contributed by atoms with Crippen LogP contribution in [0.4, 0.5) is 15.8 Å². The van der Waals surface area contributed by atoms with Gasteiger partial charge in [0.15, 0.2) is 0 Å². The first-order valence-corrected chi connectivity index (χ1v) is 10.2. The number of hydrogen-bond acceptors (Lipinski definition) is 4. The topological polar surface area (TPSA) is 41.6 Å². The molecule has 6 heteroatoms. The number of ether oxygens (including phenoxy) is 1. The zero-order chi connectivity index (χ0) is 20.2. The molecule has 4 rings (SSSR count). The van der Waals surface area contributed by atoms with Crippen LogP contribution in [0.1, 0.15) is 22.3 Å². The van der Waals surface area contributed by atoms with E-state index in [1.54, 1.807) is 25.3 Å². The number of fused-ring (bicyclic) bond motifs is 1. The summed E-state index contributed by atoms with van der Waals surface area (Å²) in [6, 6.07) is 19.7. The molecule has 1 aliphatic rings. The maximum absolute atomic E-state index is 13.7. The lowest BCUT2D eigenvalue weighted by molar-refractivity contribution is 0.0985. The van der Waals surface area contributed by atoms with Crippen molar-refractivity contribution in [1.82, 2.24) is 0 Å². The Hall–Kier alpha value is -2.99. The Labute approximate surface area is 173 Å². The van der Waals surface area contributed by atoms with Crippen molar-refractivity contribution < 1.29 is 13.9 Å². The summed E-state index contributed by atoms with van der Waals surface area (Å²) < 4.78 is 22.0. The zero-order valence-corrected chi connectivity index (χ0v) is 16.8. The van der Waals surface area contributed by atoms with Crippen molar-refractivity contribution in [3.8, 4) is 5.75 Å². The van der Waals surface area contributed by atoms with Gasteiger partial charge in [-0.2, -0.15) is 0 Å². The third kappa shape index (κ3) is 4.22. The normalized spacial score (nSPS) is 13.0. The number of benzene rings is 3. The molecular weight excluding hydrogens is 387 g/mol. The number of carbonyl (C=O) groups excluding carboxylic acids is 1. The lowest BCUT2D eigenvalue weighted by Crippen LogP contribution is -2.35. The van der Waals surface area contributed by atoms with E-state index in [1.807, 2.05) is 47.4 Å². The van der Waals surface area contributed by atoms with E-state index in [-0.39, 0.29) is 11.7 Å². The first-order chi connectivity index (χ1) is 14.2. The van der Waals surface area contributed by atoms with E-state index in [0.29, 0.717) is 17.8 Å². The maximum Gasteiger partial charge on any atom is 0.258 e. The fraction of sp³-hybridized carbons (Fsp3) is 0.174. The molecular formula is C23H21FN2O2S. The molecule has 0 fully saturated rings. The predicted molar refractivity (Wildman–Crippen MR) is 115 cm³/mol. The second-order valence-electron chi connectivity index (χ2n) is 6.76. The number of nitrogens with zero attached hydrogens (tertiary/aromatic N) is 1. The van der Waals surface area contributed by atoms with Crippen LogP contribution in [0.25, 0.3) is 0 Å². The van der Waals surface area contributed by atoms with Crippen molar-refractivity contribution >= 4 is 29.2 Å². The van der Waals surface area contributed by atoms with Crippen LogP contribution in [0.15, 0.2) is 71.6 Å². The molecule has 1 heterocycles. The summed E-state index contributed by atoms with van der Waals surface area (Å²) in [5, 5.41) is 0. The molecule has 0 saturated heterocycles. The highest BCUT2D eigenvalue weighted by atomic mass is 32.2. The third-order valence-electron chi connectivity index (χ3n) is 4.90. The van der Waals surface area contributed by atoms with E-state index in [2.05, 4.69) is 4.72 Å². The quantitative estimate of drug-likeness (QED) is 0.562. The number of anilines is 2. The van der Waals surface area contributed by atoms with E-state index in [4.69, 9.17) is 4.74 Å². The van der Waals surface area contributed by atoms with Gasteiger partial charge in [-0.3, -0.25) is 4.79 Å². The molecule has 0 saturated carbocycles. The van der Waals surface area contributed by atoms with Gasteiger partial charge in [0, 0.05) is 22.7 Å². The third-order valence-corrected chi connectivity index (χ3v) is 5.73. The van der Waals surface area contributed by atoms with Gasteiger partial charge in [-0.15, -0.1) is 0 Å². The molecule has 0 bridgehead atoms. The summed E-state index contributed by atoms with van der Waals surface area (Å²) >= 11 is 1.31. The highest BCUT2D eigenvalue weighted by Gasteiger charge is 2.24. The van der Waals surface area contributed by atoms with Crippen LogP contribution in [0.5, 0.6) is 5.75 Å². The fourth-order valence-electron chi connectivity index (χ4n) is 3.39. The van der Waals surface area contributed by atoms with Crippen LogP contribution in [-0.4, -0.2) is 19.6 Å². The SMILES string of the molecule is COc1ccc2c(c1)CCCN2C(=O)c1ccc(SNc2ccccc2F)cc1. The molecule has 1 N–H and O–H groups in total. The minimum atomic E-state index is -0.299. The molecule has 148 valence electrons. The Morgan fingerprint density at radius 3 is 2.66 bits per heavy atom. The highest BCUT2D eigenvalue weighted by Crippen LogP contribution is 2.32. The van der Waals surface area contributed by atoms with Gasteiger partial charge < -0.3 is 14.4 Å². The number of halogens is 1. The van der Waals surface area contributed by atoms with Crippen molar-refractivity contribution in [2.45, 2.75) is 17.7 Å².